The summed E-state index contributed by atoms with van der Waals surface area (Å²) in [6, 6.07) is 0.353. The molecule has 0 saturated heterocycles. The fraction of sp³-hybridized carbons (Fsp3) is 0.700. The number of rotatable bonds is 6. The first-order chi connectivity index (χ1) is 7.65. The summed E-state index contributed by atoms with van der Waals surface area (Å²) in [5, 5.41) is 3.59. The van der Waals surface area contributed by atoms with E-state index in [0.717, 1.165) is 12.2 Å². The van der Waals surface area contributed by atoms with Gasteiger partial charge in [0.25, 0.3) is 0 Å². The molecule has 0 bridgehead atoms. The predicted molar refractivity (Wildman–Crippen MR) is 66.1 cm³/mol. The number of hydrogen-bond donors (Lipinski definition) is 1. The molecule has 0 aliphatic heterocycles. The van der Waals surface area contributed by atoms with Crippen molar-refractivity contribution >= 4 is 17.7 Å². The van der Waals surface area contributed by atoms with Gasteiger partial charge in [-0.15, -0.1) is 0 Å². The molecule has 0 amide bonds. The minimum absolute atomic E-state index is 0.353. The van der Waals surface area contributed by atoms with Gasteiger partial charge in [-0.1, -0.05) is 25.6 Å². The largest absolute Gasteiger partial charge is 0.467 e. The number of ether oxygens (including phenoxy) is 1. The van der Waals surface area contributed by atoms with Gasteiger partial charge < -0.3 is 10.1 Å². The van der Waals surface area contributed by atoms with Gasteiger partial charge in [-0.2, -0.15) is 15.0 Å². The summed E-state index contributed by atoms with van der Waals surface area (Å²) in [5.74, 6) is 2.24. The van der Waals surface area contributed by atoms with Crippen LogP contribution in [0.15, 0.2) is 5.16 Å². The molecular formula is C10H18N4OS. The summed E-state index contributed by atoms with van der Waals surface area (Å²) in [7, 11) is 3.33. The van der Waals surface area contributed by atoms with Crippen molar-refractivity contribution in [3.8, 4) is 6.01 Å². The maximum absolute atomic E-state index is 5.01. The lowest BCUT2D eigenvalue weighted by molar-refractivity contribution is 0.374. The lowest BCUT2D eigenvalue weighted by atomic mass is 10.2. The summed E-state index contributed by atoms with van der Waals surface area (Å²) in [4.78, 5) is 12.5. The van der Waals surface area contributed by atoms with E-state index in [4.69, 9.17) is 4.74 Å². The number of aromatic nitrogens is 3. The Morgan fingerprint density at radius 2 is 2.06 bits per heavy atom. The zero-order valence-corrected chi connectivity index (χ0v) is 11.0. The molecule has 0 atom stereocenters. The van der Waals surface area contributed by atoms with Crippen LogP contribution in [0, 0.1) is 5.92 Å². The number of thioether (sulfide) groups is 1. The van der Waals surface area contributed by atoms with Crippen LogP contribution < -0.4 is 10.1 Å². The molecule has 0 fully saturated rings. The zero-order valence-electron chi connectivity index (χ0n) is 10.1. The van der Waals surface area contributed by atoms with E-state index in [2.05, 4.69) is 34.1 Å². The van der Waals surface area contributed by atoms with Crippen molar-refractivity contribution in [2.24, 2.45) is 5.92 Å². The molecule has 0 radical (unpaired) electrons. The maximum atomic E-state index is 5.01. The molecule has 1 N–H and O–H groups in total. The molecule has 0 aromatic carbocycles. The zero-order chi connectivity index (χ0) is 12.0. The highest BCUT2D eigenvalue weighted by molar-refractivity contribution is 7.99. The Hall–Kier alpha value is -1.04. The molecule has 1 rings (SSSR count). The van der Waals surface area contributed by atoms with Crippen molar-refractivity contribution in [2.45, 2.75) is 25.4 Å². The van der Waals surface area contributed by atoms with E-state index in [-0.39, 0.29) is 0 Å². The van der Waals surface area contributed by atoms with Crippen molar-refractivity contribution in [1.29, 1.82) is 0 Å². The van der Waals surface area contributed by atoms with E-state index in [9.17, 15) is 0 Å². The molecular weight excluding hydrogens is 224 g/mol. The average molecular weight is 242 g/mol. The van der Waals surface area contributed by atoms with Crippen LogP contribution in [0.3, 0.4) is 0 Å². The number of nitrogens with zero attached hydrogens (tertiary/aromatic N) is 3. The Balaban J connectivity index is 2.64. The highest BCUT2D eigenvalue weighted by Crippen LogP contribution is 2.19. The van der Waals surface area contributed by atoms with E-state index >= 15 is 0 Å². The second-order valence-electron chi connectivity index (χ2n) is 3.71. The van der Waals surface area contributed by atoms with Crippen LogP contribution in [0.5, 0.6) is 6.01 Å². The highest BCUT2D eigenvalue weighted by Gasteiger charge is 2.06. The Morgan fingerprint density at radius 3 is 2.62 bits per heavy atom. The van der Waals surface area contributed by atoms with Gasteiger partial charge in [-0.3, -0.25) is 0 Å². The molecule has 1 heterocycles. The number of nitrogens with one attached hydrogen (secondary N) is 1. The summed E-state index contributed by atoms with van der Waals surface area (Å²) < 4.78 is 5.01. The third kappa shape index (κ3) is 4.22. The van der Waals surface area contributed by atoms with Gasteiger partial charge in [0.05, 0.1) is 7.11 Å². The van der Waals surface area contributed by atoms with Crippen LogP contribution in [0.2, 0.25) is 0 Å². The molecule has 0 saturated carbocycles. The quantitative estimate of drug-likeness (QED) is 0.770. The SMILES string of the molecule is CNc1nc(OC)nc(SCCC(C)C)n1. The molecule has 0 unspecified atom stereocenters. The van der Waals surface area contributed by atoms with E-state index in [1.807, 2.05) is 0 Å². The fourth-order valence-corrected chi connectivity index (χ4v) is 2.06. The van der Waals surface area contributed by atoms with Crippen molar-refractivity contribution in [2.75, 3.05) is 25.2 Å². The third-order valence-electron chi connectivity index (χ3n) is 1.93. The second-order valence-corrected chi connectivity index (χ2v) is 4.77. The van der Waals surface area contributed by atoms with Crippen LogP contribution in [0.4, 0.5) is 5.95 Å². The van der Waals surface area contributed by atoms with Crippen LogP contribution in [-0.4, -0.2) is 34.9 Å². The molecule has 1 aromatic heterocycles. The normalized spacial score (nSPS) is 10.6. The molecule has 6 heteroatoms. The van der Waals surface area contributed by atoms with Crippen LogP contribution in [0.1, 0.15) is 20.3 Å². The fourth-order valence-electron chi connectivity index (χ4n) is 0.992. The minimum Gasteiger partial charge on any atom is -0.467 e. The standard InChI is InChI=1S/C10H18N4OS/c1-7(2)5-6-16-10-13-8(11-3)12-9(14-10)15-4/h7H,5-6H2,1-4H3,(H,11,12,13,14). The molecule has 0 aliphatic carbocycles. The molecule has 16 heavy (non-hydrogen) atoms. The van der Waals surface area contributed by atoms with E-state index < -0.39 is 0 Å². The van der Waals surface area contributed by atoms with Crippen molar-refractivity contribution in [3.05, 3.63) is 0 Å². The lowest BCUT2D eigenvalue weighted by Crippen LogP contribution is -2.03. The van der Waals surface area contributed by atoms with E-state index in [1.165, 1.54) is 0 Å². The van der Waals surface area contributed by atoms with Crippen molar-refractivity contribution in [3.63, 3.8) is 0 Å². The average Bonchev–Trinajstić information content (AvgIpc) is 2.28. The van der Waals surface area contributed by atoms with E-state index in [1.54, 1.807) is 25.9 Å². The van der Waals surface area contributed by atoms with Gasteiger partial charge in [-0.25, -0.2) is 0 Å². The monoisotopic (exact) mass is 242 g/mol. The van der Waals surface area contributed by atoms with Crippen molar-refractivity contribution < 1.29 is 4.74 Å². The molecule has 90 valence electrons. The first-order valence-corrected chi connectivity index (χ1v) is 6.25. The maximum Gasteiger partial charge on any atom is 0.321 e. The Labute approximate surface area is 100 Å². The number of anilines is 1. The third-order valence-corrected chi connectivity index (χ3v) is 2.81. The van der Waals surface area contributed by atoms with Crippen LogP contribution in [-0.2, 0) is 0 Å². The Kier molecular flexibility index (Phi) is 5.31. The Morgan fingerprint density at radius 1 is 1.31 bits per heavy atom. The van der Waals surface area contributed by atoms with Gasteiger partial charge in [-0.05, 0) is 12.3 Å². The second kappa shape index (κ2) is 6.52. The van der Waals surface area contributed by atoms with Gasteiger partial charge in [0.15, 0.2) is 5.16 Å². The first kappa shape index (κ1) is 13.0. The number of hydrogen-bond acceptors (Lipinski definition) is 6. The van der Waals surface area contributed by atoms with Gasteiger partial charge in [0, 0.05) is 12.8 Å². The van der Waals surface area contributed by atoms with Gasteiger partial charge in [0.2, 0.25) is 5.95 Å². The van der Waals surface area contributed by atoms with Gasteiger partial charge in [0.1, 0.15) is 0 Å². The molecule has 1 aromatic rings. The lowest BCUT2D eigenvalue weighted by Gasteiger charge is -2.06. The van der Waals surface area contributed by atoms with Crippen LogP contribution in [0.25, 0.3) is 0 Å². The predicted octanol–water partition coefficient (Wildman–Crippen LogP) is 2.06. The molecule has 0 aliphatic rings. The molecule has 5 nitrogen and oxygen atoms in total. The van der Waals surface area contributed by atoms with Crippen molar-refractivity contribution in [1.82, 2.24) is 15.0 Å². The van der Waals surface area contributed by atoms with Crippen LogP contribution >= 0.6 is 11.8 Å². The summed E-state index contributed by atoms with van der Waals surface area (Å²) >= 11 is 1.63. The summed E-state index contributed by atoms with van der Waals surface area (Å²) in [5.41, 5.74) is 0. The summed E-state index contributed by atoms with van der Waals surface area (Å²) in [6.07, 6.45) is 1.15. The highest BCUT2D eigenvalue weighted by atomic mass is 32.2. The summed E-state index contributed by atoms with van der Waals surface area (Å²) in [6.45, 7) is 4.40. The smallest absolute Gasteiger partial charge is 0.321 e. The Bertz CT molecular complexity index is 310. The topological polar surface area (TPSA) is 59.9 Å². The van der Waals surface area contributed by atoms with E-state index in [0.29, 0.717) is 23.0 Å². The molecule has 0 spiro atoms. The first-order valence-electron chi connectivity index (χ1n) is 5.26. The van der Waals surface area contributed by atoms with Gasteiger partial charge >= 0.3 is 6.01 Å². The minimum atomic E-state index is 0.353. The number of methoxy groups -OCH3 is 1.